The van der Waals surface area contributed by atoms with E-state index in [0.717, 1.165) is 0 Å². The molecule has 94 valence electrons. The molecule has 0 bridgehead atoms. The van der Waals surface area contributed by atoms with Gasteiger partial charge in [0, 0.05) is 5.92 Å². The van der Waals surface area contributed by atoms with Crippen molar-refractivity contribution in [2.75, 3.05) is 6.61 Å². The molecule has 1 rings (SSSR count). The van der Waals surface area contributed by atoms with Gasteiger partial charge in [0.15, 0.2) is 6.10 Å². The molecule has 16 heavy (non-hydrogen) atoms. The lowest BCUT2D eigenvalue weighted by molar-refractivity contribution is -0.182. The smallest absolute Gasteiger partial charge is 0.397 e. The van der Waals surface area contributed by atoms with Crippen LogP contribution in [0.4, 0.5) is 0 Å². The average molecular weight is 256 g/mol. The standard InChI is InChI=1S/C7H12O8S/c1-3-4(15-16(11,12)13)2-14-6(5(3)8)7(9)10/h3-6,8H,2H2,1H3,(H,9,10)(H,11,12,13). The van der Waals surface area contributed by atoms with Crippen molar-refractivity contribution < 1.29 is 36.9 Å². The maximum atomic E-state index is 10.6. The first-order valence-corrected chi connectivity index (χ1v) is 5.77. The summed E-state index contributed by atoms with van der Waals surface area (Å²) >= 11 is 0. The Morgan fingerprint density at radius 1 is 1.50 bits per heavy atom. The van der Waals surface area contributed by atoms with Gasteiger partial charge in [-0.3, -0.25) is 4.55 Å². The number of ether oxygens (including phenoxy) is 1. The van der Waals surface area contributed by atoms with Crippen molar-refractivity contribution >= 4 is 16.4 Å². The molecule has 1 aliphatic heterocycles. The molecular weight excluding hydrogens is 244 g/mol. The van der Waals surface area contributed by atoms with Crippen molar-refractivity contribution in [2.45, 2.75) is 25.2 Å². The second-order valence-electron chi connectivity index (χ2n) is 3.50. The summed E-state index contributed by atoms with van der Waals surface area (Å²) in [4.78, 5) is 10.6. The van der Waals surface area contributed by atoms with Gasteiger partial charge < -0.3 is 14.9 Å². The molecule has 0 spiro atoms. The van der Waals surface area contributed by atoms with Crippen LogP contribution in [-0.4, -0.2) is 54.1 Å². The monoisotopic (exact) mass is 256 g/mol. The van der Waals surface area contributed by atoms with Gasteiger partial charge in [-0.1, -0.05) is 6.92 Å². The largest absolute Gasteiger partial charge is 0.479 e. The Hall–Kier alpha value is -0.740. The molecule has 1 saturated heterocycles. The van der Waals surface area contributed by atoms with Crippen molar-refractivity contribution in [3.63, 3.8) is 0 Å². The van der Waals surface area contributed by atoms with Crippen LogP contribution in [-0.2, 0) is 24.1 Å². The van der Waals surface area contributed by atoms with E-state index in [9.17, 15) is 18.3 Å². The predicted octanol–water partition coefficient (Wildman–Crippen LogP) is -1.35. The van der Waals surface area contributed by atoms with Crippen molar-refractivity contribution in [3.8, 4) is 0 Å². The normalized spacial score (nSPS) is 35.9. The summed E-state index contributed by atoms with van der Waals surface area (Å²) in [5.41, 5.74) is 0. The molecule has 4 atom stereocenters. The number of aliphatic hydroxyl groups excluding tert-OH is 1. The second kappa shape index (κ2) is 4.63. The van der Waals surface area contributed by atoms with Crippen molar-refractivity contribution in [1.29, 1.82) is 0 Å². The minimum absolute atomic E-state index is 0.338. The van der Waals surface area contributed by atoms with Crippen LogP contribution in [0.3, 0.4) is 0 Å². The number of aliphatic hydroxyl groups is 1. The molecule has 8 nitrogen and oxygen atoms in total. The highest BCUT2D eigenvalue weighted by Gasteiger charge is 2.42. The van der Waals surface area contributed by atoms with Gasteiger partial charge in [-0.15, -0.1) is 0 Å². The zero-order chi connectivity index (χ0) is 12.5. The van der Waals surface area contributed by atoms with E-state index in [0.29, 0.717) is 0 Å². The predicted molar refractivity (Wildman–Crippen MR) is 49.0 cm³/mol. The van der Waals surface area contributed by atoms with Crippen molar-refractivity contribution in [3.05, 3.63) is 0 Å². The van der Waals surface area contributed by atoms with Crippen LogP contribution in [0.5, 0.6) is 0 Å². The number of carbonyl (C=O) groups is 1. The van der Waals surface area contributed by atoms with E-state index in [-0.39, 0.29) is 6.61 Å². The summed E-state index contributed by atoms with van der Waals surface area (Å²) in [6.07, 6.45) is -3.94. The first-order valence-electron chi connectivity index (χ1n) is 4.40. The molecule has 9 heteroatoms. The van der Waals surface area contributed by atoms with Gasteiger partial charge in [0.1, 0.15) is 6.10 Å². The highest BCUT2D eigenvalue weighted by molar-refractivity contribution is 7.80. The molecule has 0 saturated carbocycles. The fraction of sp³-hybridized carbons (Fsp3) is 0.857. The fourth-order valence-electron chi connectivity index (χ4n) is 1.43. The zero-order valence-electron chi connectivity index (χ0n) is 8.31. The van der Waals surface area contributed by atoms with Gasteiger partial charge in [-0.25, -0.2) is 8.98 Å². The topological polar surface area (TPSA) is 130 Å². The van der Waals surface area contributed by atoms with E-state index in [4.69, 9.17) is 14.4 Å². The Balaban J connectivity index is 2.72. The van der Waals surface area contributed by atoms with Gasteiger partial charge in [-0.05, 0) is 0 Å². The molecule has 1 heterocycles. The third-order valence-electron chi connectivity index (χ3n) is 2.36. The molecule has 1 aliphatic rings. The molecule has 0 aromatic rings. The number of carboxylic acids is 1. The number of carboxylic acid groups (broad SMARTS) is 1. The van der Waals surface area contributed by atoms with Gasteiger partial charge in [-0.2, -0.15) is 8.42 Å². The molecule has 0 aromatic heterocycles. The number of hydrogen-bond donors (Lipinski definition) is 3. The average Bonchev–Trinajstić information content (AvgIpc) is 2.10. The van der Waals surface area contributed by atoms with Crippen LogP contribution >= 0.6 is 0 Å². The minimum Gasteiger partial charge on any atom is -0.479 e. The highest BCUT2D eigenvalue weighted by Crippen LogP contribution is 2.24. The Bertz CT molecular complexity index is 363. The first-order chi connectivity index (χ1) is 7.22. The molecule has 0 amide bonds. The number of aliphatic carboxylic acids is 1. The Morgan fingerprint density at radius 2 is 2.06 bits per heavy atom. The summed E-state index contributed by atoms with van der Waals surface area (Å²) in [7, 11) is -4.66. The molecule has 4 unspecified atom stereocenters. The summed E-state index contributed by atoms with van der Waals surface area (Å²) in [6, 6.07) is 0. The van der Waals surface area contributed by atoms with Gasteiger partial charge in [0.2, 0.25) is 0 Å². The Kier molecular flexibility index (Phi) is 3.86. The van der Waals surface area contributed by atoms with Crippen LogP contribution in [0.25, 0.3) is 0 Å². The molecule has 1 fully saturated rings. The fourth-order valence-corrected chi connectivity index (χ4v) is 1.98. The lowest BCUT2D eigenvalue weighted by atomic mass is 9.92. The lowest BCUT2D eigenvalue weighted by Gasteiger charge is -2.35. The third kappa shape index (κ3) is 3.12. The van der Waals surface area contributed by atoms with E-state index >= 15 is 0 Å². The van der Waals surface area contributed by atoms with E-state index in [1.54, 1.807) is 0 Å². The molecule has 3 N–H and O–H groups in total. The zero-order valence-corrected chi connectivity index (χ0v) is 9.12. The van der Waals surface area contributed by atoms with Crippen LogP contribution in [0, 0.1) is 5.92 Å². The maximum absolute atomic E-state index is 10.6. The lowest BCUT2D eigenvalue weighted by Crippen LogP contribution is -2.52. The number of hydrogen-bond acceptors (Lipinski definition) is 6. The quantitative estimate of drug-likeness (QED) is 0.528. The van der Waals surface area contributed by atoms with Gasteiger partial charge in [0.25, 0.3) is 0 Å². The van der Waals surface area contributed by atoms with E-state index < -0.39 is 40.6 Å². The third-order valence-corrected chi connectivity index (χ3v) is 2.85. The number of rotatable bonds is 3. The summed E-state index contributed by atoms with van der Waals surface area (Å²) < 4.78 is 38.3. The van der Waals surface area contributed by atoms with Crippen LogP contribution in [0.15, 0.2) is 0 Å². The molecule has 0 radical (unpaired) electrons. The summed E-state index contributed by atoms with van der Waals surface area (Å²) in [5.74, 6) is -2.14. The van der Waals surface area contributed by atoms with Crippen molar-refractivity contribution in [1.82, 2.24) is 0 Å². The summed E-state index contributed by atoms with van der Waals surface area (Å²) in [5, 5.41) is 18.2. The molecular formula is C7H12O8S. The maximum Gasteiger partial charge on any atom is 0.397 e. The molecule has 0 aliphatic carbocycles. The van der Waals surface area contributed by atoms with E-state index in [1.807, 2.05) is 0 Å². The Labute approximate surface area is 91.7 Å². The van der Waals surface area contributed by atoms with Gasteiger partial charge >= 0.3 is 16.4 Å². The van der Waals surface area contributed by atoms with E-state index in [2.05, 4.69) is 4.18 Å². The molecule has 0 aromatic carbocycles. The second-order valence-corrected chi connectivity index (χ2v) is 4.55. The van der Waals surface area contributed by atoms with Crippen molar-refractivity contribution in [2.24, 2.45) is 5.92 Å². The van der Waals surface area contributed by atoms with Crippen LogP contribution in [0.2, 0.25) is 0 Å². The highest BCUT2D eigenvalue weighted by atomic mass is 32.3. The minimum atomic E-state index is -4.66. The summed E-state index contributed by atoms with van der Waals surface area (Å²) in [6.45, 7) is 1.06. The van der Waals surface area contributed by atoms with E-state index in [1.165, 1.54) is 6.92 Å². The van der Waals surface area contributed by atoms with Crippen LogP contribution < -0.4 is 0 Å². The first kappa shape index (κ1) is 13.3. The Morgan fingerprint density at radius 3 is 2.50 bits per heavy atom. The SMILES string of the molecule is CC1C(OS(=O)(=O)O)COC(C(=O)O)C1O. The van der Waals surface area contributed by atoms with Gasteiger partial charge in [0.05, 0.1) is 12.7 Å². The van der Waals surface area contributed by atoms with Crippen LogP contribution in [0.1, 0.15) is 6.92 Å².